The predicted octanol–water partition coefficient (Wildman–Crippen LogP) is 1.14. The molecule has 94 valence electrons. The fourth-order valence-corrected chi connectivity index (χ4v) is 1.78. The molecule has 1 aromatic rings. The normalized spacial score (nSPS) is 12.1. The van der Waals surface area contributed by atoms with Crippen LogP contribution in [0.3, 0.4) is 0 Å². The highest BCUT2D eigenvalue weighted by atomic mass is 32.2. The zero-order valence-corrected chi connectivity index (χ0v) is 10.3. The van der Waals surface area contributed by atoms with Gasteiger partial charge in [0.25, 0.3) is 0 Å². The monoisotopic (exact) mass is 257 g/mol. The van der Waals surface area contributed by atoms with Crippen molar-refractivity contribution in [2.75, 3.05) is 12.0 Å². The zero-order chi connectivity index (χ0) is 12.7. The zero-order valence-electron chi connectivity index (χ0n) is 9.51. The molecule has 0 radical (unpaired) electrons. The Balaban J connectivity index is 2.43. The van der Waals surface area contributed by atoms with Gasteiger partial charge in [0.2, 0.25) is 5.91 Å². The van der Waals surface area contributed by atoms with E-state index in [-0.39, 0.29) is 12.3 Å². The fraction of sp³-hybridized carbons (Fsp3) is 0.455. The number of carbonyl (C=O) groups is 2. The van der Waals surface area contributed by atoms with E-state index in [1.165, 1.54) is 6.26 Å². The lowest BCUT2D eigenvalue weighted by molar-refractivity contribution is -0.141. The topological polar surface area (TPSA) is 79.5 Å². The van der Waals surface area contributed by atoms with E-state index in [2.05, 4.69) is 5.32 Å². The first-order valence-electron chi connectivity index (χ1n) is 5.17. The third-order valence-corrected chi connectivity index (χ3v) is 2.80. The maximum atomic E-state index is 11.5. The van der Waals surface area contributed by atoms with Crippen molar-refractivity contribution in [1.82, 2.24) is 5.32 Å². The van der Waals surface area contributed by atoms with E-state index in [1.807, 2.05) is 6.26 Å². The van der Waals surface area contributed by atoms with E-state index in [4.69, 9.17) is 9.52 Å². The summed E-state index contributed by atoms with van der Waals surface area (Å²) in [5, 5.41) is 11.4. The van der Waals surface area contributed by atoms with Gasteiger partial charge in [0.1, 0.15) is 11.8 Å². The van der Waals surface area contributed by atoms with E-state index in [1.54, 1.807) is 23.9 Å². The van der Waals surface area contributed by atoms with Crippen LogP contribution < -0.4 is 5.32 Å². The molecule has 0 saturated heterocycles. The molecule has 6 heteroatoms. The maximum Gasteiger partial charge on any atom is 0.326 e. The minimum Gasteiger partial charge on any atom is -0.480 e. The minimum absolute atomic E-state index is 0.0655. The summed E-state index contributed by atoms with van der Waals surface area (Å²) in [6.07, 6.45) is 3.85. The Hall–Kier alpha value is -1.43. The average molecular weight is 257 g/mol. The summed E-state index contributed by atoms with van der Waals surface area (Å²) in [5.41, 5.74) is 0. The number of rotatable bonds is 7. The highest BCUT2D eigenvalue weighted by Crippen LogP contribution is 2.04. The third-order valence-electron chi connectivity index (χ3n) is 2.16. The Kier molecular flexibility index (Phi) is 5.62. The maximum absolute atomic E-state index is 11.5. The average Bonchev–Trinajstić information content (AvgIpc) is 2.76. The van der Waals surface area contributed by atoms with Gasteiger partial charge in [-0.2, -0.15) is 11.8 Å². The van der Waals surface area contributed by atoms with Gasteiger partial charge in [0, 0.05) is 0 Å². The number of hydrogen-bond acceptors (Lipinski definition) is 4. The lowest BCUT2D eigenvalue weighted by atomic mass is 10.2. The van der Waals surface area contributed by atoms with Gasteiger partial charge in [-0.3, -0.25) is 4.79 Å². The van der Waals surface area contributed by atoms with Crippen LogP contribution in [-0.2, 0) is 16.0 Å². The van der Waals surface area contributed by atoms with Gasteiger partial charge >= 0.3 is 5.97 Å². The molecule has 17 heavy (non-hydrogen) atoms. The first kappa shape index (κ1) is 13.6. The smallest absolute Gasteiger partial charge is 0.326 e. The van der Waals surface area contributed by atoms with Crippen molar-refractivity contribution in [2.45, 2.75) is 18.9 Å². The van der Waals surface area contributed by atoms with Crippen LogP contribution in [0.15, 0.2) is 22.8 Å². The Morgan fingerprint density at radius 2 is 2.35 bits per heavy atom. The summed E-state index contributed by atoms with van der Waals surface area (Å²) in [6, 6.07) is 2.53. The summed E-state index contributed by atoms with van der Waals surface area (Å²) in [4.78, 5) is 22.4. The van der Waals surface area contributed by atoms with Crippen LogP contribution in [0.1, 0.15) is 12.2 Å². The van der Waals surface area contributed by atoms with Gasteiger partial charge in [-0.25, -0.2) is 4.79 Å². The number of hydrogen-bond donors (Lipinski definition) is 2. The summed E-state index contributed by atoms with van der Waals surface area (Å²) >= 11 is 1.55. The second-order valence-electron chi connectivity index (χ2n) is 3.50. The van der Waals surface area contributed by atoms with Gasteiger partial charge in [-0.1, -0.05) is 0 Å². The first-order valence-corrected chi connectivity index (χ1v) is 6.56. The van der Waals surface area contributed by atoms with Crippen LogP contribution in [0.4, 0.5) is 0 Å². The number of nitrogens with one attached hydrogen (secondary N) is 1. The molecular weight excluding hydrogens is 242 g/mol. The second-order valence-corrected chi connectivity index (χ2v) is 4.48. The Labute approximate surface area is 104 Å². The Morgan fingerprint density at radius 3 is 2.88 bits per heavy atom. The number of thioether (sulfide) groups is 1. The molecule has 0 aliphatic carbocycles. The summed E-state index contributed by atoms with van der Waals surface area (Å²) in [7, 11) is 0. The van der Waals surface area contributed by atoms with Crippen molar-refractivity contribution in [2.24, 2.45) is 0 Å². The fourth-order valence-electron chi connectivity index (χ4n) is 1.31. The number of carboxylic acids is 1. The molecule has 0 spiro atoms. The number of carboxylic acid groups (broad SMARTS) is 1. The molecule has 0 saturated carbocycles. The predicted molar refractivity (Wildman–Crippen MR) is 65.0 cm³/mol. The van der Waals surface area contributed by atoms with Gasteiger partial charge in [0.15, 0.2) is 0 Å². The molecule has 0 aliphatic heterocycles. The van der Waals surface area contributed by atoms with Crippen molar-refractivity contribution in [3.8, 4) is 0 Å². The third kappa shape index (κ3) is 4.95. The van der Waals surface area contributed by atoms with Crippen LogP contribution in [0.5, 0.6) is 0 Å². The Bertz CT molecular complexity index is 364. The van der Waals surface area contributed by atoms with Crippen molar-refractivity contribution in [3.05, 3.63) is 24.2 Å². The lowest BCUT2D eigenvalue weighted by Gasteiger charge is -2.13. The molecule has 1 rings (SSSR count). The van der Waals surface area contributed by atoms with E-state index in [0.717, 1.165) is 0 Å². The quantitative estimate of drug-likeness (QED) is 0.766. The molecule has 0 aliphatic rings. The summed E-state index contributed by atoms with van der Waals surface area (Å²) in [5.74, 6) is -0.130. The number of amides is 1. The van der Waals surface area contributed by atoms with Gasteiger partial charge in [-0.05, 0) is 30.6 Å². The van der Waals surface area contributed by atoms with Crippen molar-refractivity contribution in [3.63, 3.8) is 0 Å². The number of carbonyl (C=O) groups excluding carboxylic acids is 1. The van der Waals surface area contributed by atoms with E-state index in [9.17, 15) is 9.59 Å². The molecular formula is C11H15NO4S. The minimum atomic E-state index is -1.01. The molecule has 5 nitrogen and oxygen atoms in total. The summed E-state index contributed by atoms with van der Waals surface area (Å²) in [6.45, 7) is 0. The summed E-state index contributed by atoms with van der Waals surface area (Å²) < 4.78 is 5.01. The molecule has 0 aromatic carbocycles. The molecule has 1 amide bonds. The standard InChI is InChI=1S/C11H15NO4S/c1-17-6-4-9(11(14)15)12-10(13)7-8-3-2-5-16-8/h2-3,5,9H,4,6-7H2,1H3,(H,12,13)(H,14,15)/t9-/m0/s1. The SMILES string of the molecule is CSCC[C@H](NC(=O)Cc1ccco1)C(=O)O. The molecule has 0 unspecified atom stereocenters. The van der Waals surface area contributed by atoms with Crippen LogP contribution in [0.25, 0.3) is 0 Å². The molecule has 1 aromatic heterocycles. The Morgan fingerprint density at radius 1 is 1.59 bits per heavy atom. The molecule has 1 heterocycles. The van der Waals surface area contributed by atoms with Crippen LogP contribution >= 0.6 is 11.8 Å². The lowest BCUT2D eigenvalue weighted by Crippen LogP contribution is -2.41. The molecule has 1 atom stereocenters. The van der Waals surface area contributed by atoms with Gasteiger partial charge in [0.05, 0.1) is 12.7 Å². The van der Waals surface area contributed by atoms with Crippen molar-refractivity contribution >= 4 is 23.6 Å². The van der Waals surface area contributed by atoms with Gasteiger partial charge in [-0.15, -0.1) is 0 Å². The van der Waals surface area contributed by atoms with Gasteiger partial charge < -0.3 is 14.8 Å². The number of furan rings is 1. The van der Waals surface area contributed by atoms with Crippen LogP contribution in [-0.4, -0.2) is 35.0 Å². The van der Waals surface area contributed by atoms with Crippen molar-refractivity contribution in [1.29, 1.82) is 0 Å². The second kappa shape index (κ2) is 7.01. The molecule has 0 bridgehead atoms. The largest absolute Gasteiger partial charge is 0.480 e. The van der Waals surface area contributed by atoms with Crippen molar-refractivity contribution < 1.29 is 19.1 Å². The first-order chi connectivity index (χ1) is 8.13. The van der Waals surface area contributed by atoms with E-state index in [0.29, 0.717) is 17.9 Å². The molecule has 0 fully saturated rings. The van der Waals surface area contributed by atoms with Crippen LogP contribution in [0, 0.1) is 0 Å². The highest BCUT2D eigenvalue weighted by Gasteiger charge is 2.19. The van der Waals surface area contributed by atoms with E-state index >= 15 is 0 Å². The molecule has 2 N–H and O–H groups in total. The van der Waals surface area contributed by atoms with E-state index < -0.39 is 12.0 Å². The highest BCUT2D eigenvalue weighted by molar-refractivity contribution is 7.98. The number of aliphatic carboxylic acids is 1. The van der Waals surface area contributed by atoms with Crippen LogP contribution in [0.2, 0.25) is 0 Å².